The van der Waals surface area contributed by atoms with E-state index in [2.05, 4.69) is 56.4 Å². The molecule has 0 aromatic heterocycles. The van der Waals surface area contributed by atoms with E-state index in [0.717, 1.165) is 11.3 Å². The molecule has 0 amide bonds. The first-order valence-electron chi connectivity index (χ1n) is 6.93. The lowest BCUT2D eigenvalue weighted by Gasteiger charge is -2.19. The lowest BCUT2D eigenvalue weighted by Crippen LogP contribution is -2.10. The summed E-state index contributed by atoms with van der Waals surface area (Å²) in [6.07, 6.45) is 0. The van der Waals surface area contributed by atoms with Crippen LogP contribution in [0.4, 0.5) is 5.69 Å². The summed E-state index contributed by atoms with van der Waals surface area (Å²) in [6.45, 7) is 7.24. The third kappa shape index (κ3) is 4.00. The first kappa shape index (κ1) is 15.4. The van der Waals surface area contributed by atoms with Crippen LogP contribution < -0.4 is 5.32 Å². The van der Waals surface area contributed by atoms with E-state index >= 15 is 0 Å². The van der Waals surface area contributed by atoms with Crippen molar-refractivity contribution in [3.8, 4) is 6.07 Å². The normalized spacial score (nSPS) is 11.0. The highest BCUT2D eigenvalue weighted by Gasteiger charge is 2.12. The Morgan fingerprint density at radius 3 is 2.29 bits per heavy atom. The van der Waals surface area contributed by atoms with Gasteiger partial charge in [-0.25, -0.2) is 0 Å². The van der Waals surface area contributed by atoms with E-state index in [1.165, 1.54) is 5.56 Å². The number of halogens is 1. The van der Waals surface area contributed by atoms with Gasteiger partial charge in [-0.1, -0.05) is 50.6 Å². The fourth-order valence-corrected chi connectivity index (χ4v) is 2.29. The fraction of sp³-hybridized carbons (Fsp3) is 0.278. The molecule has 21 heavy (non-hydrogen) atoms. The number of nitrogens with one attached hydrogen (secondary N) is 1. The molecular weight excluding hydrogens is 280 g/mol. The molecule has 0 unspecified atom stereocenters. The van der Waals surface area contributed by atoms with Crippen molar-refractivity contribution in [1.82, 2.24) is 0 Å². The Labute approximate surface area is 131 Å². The molecule has 2 aromatic carbocycles. The van der Waals surface area contributed by atoms with Gasteiger partial charge in [-0.15, -0.1) is 0 Å². The molecule has 0 atom stereocenters. The molecule has 0 fully saturated rings. The second kappa shape index (κ2) is 6.20. The quantitative estimate of drug-likeness (QED) is 0.853. The molecule has 0 radical (unpaired) electrons. The van der Waals surface area contributed by atoms with Gasteiger partial charge in [0.05, 0.1) is 11.6 Å². The van der Waals surface area contributed by atoms with Crippen LogP contribution >= 0.6 is 11.6 Å². The van der Waals surface area contributed by atoms with Crippen molar-refractivity contribution in [3.63, 3.8) is 0 Å². The zero-order chi connectivity index (χ0) is 15.5. The molecule has 2 aromatic rings. The first-order chi connectivity index (χ1) is 9.90. The third-order valence-electron chi connectivity index (χ3n) is 3.42. The first-order valence-corrected chi connectivity index (χ1v) is 7.31. The van der Waals surface area contributed by atoms with Crippen molar-refractivity contribution in [1.29, 1.82) is 5.26 Å². The molecular formula is C18H19ClN2. The number of nitrogens with zero attached hydrogens (tertiary/aromatic N) is 1. The minimum atomic E-state index is 0.162. The van der Waals surface area contributed by atoms with Crippen molar-refractivity contribution in [2.75, 3.05) is 5.32 Å². The van der Waals surface area contributed by atoms with Crippen molar-refractivity contribution in [2.45, 2.75) is 32.7 Å². The molecule has 3 heteroatoms. The topological polar surface area (TPSA) is 35.8 Å². The molecule has 0 heterocycles. The lowest BCUT2D eigenvalue weighted by atomic mass is 9.87. The van der Waals surface area contributed by atoms with Gasteiger partial charge in [-0.3, -0.25) is 0 Å². The number of nitriles is 1. The van der Waals surface area contributed by atoms with Gasteiger partial charge in [0, 0.05) is 17.3 Å². The van der Waals surface area contributed by atoms with Crippen LogP contribution in [0.3, 0.4) is 0 Å². The Kier molecular flexibility index (Phi) is 4.55. The molecule has 2 rings (SSSR count). The minimum Gasteiger partial charge on any atom is -0.381 e. The average molecular weight is 299 g/mol. The molecule has 0 aliphatic carbocycles. The van der Waals surface area contributed by atoms with E-state index in [1.807, 2.05) is 6.07 Å². The summed E-state index contributed by atoms with van der Waals surface area (Å²) in [4.78, 5) is 0. The number of hydrogen-bond acceptors (Lipinski definition) is 2. The van der Waals surface area contributed by atoms with Gasteiger partial charge in [-0.05, 0) is 40.8 Å². The van der Waals surface area contributed by atoms with Crippen LogP contribution in [-0.2, 0) is 12.0 Å². The predicted molar refractivity (Wildman–Crippen MR) is 88.6 cm³/mol. The highest BCUT2D eigenvalue weighted by molar-refractivity contribution is 6.31. The Morgan fingerprint density at radius 1 is 1.10 bits per heavy atom. The molecule has 0 bridgehead atoms. The maximum Gasteiger partial charge on any atom is 0.0992 e. The van der Waals surface area contributed by atoms with E-state index in [4.69, 9.17) is 16.9 Å². The predicted octanol–water partition coefficient (Wildman–Crippen LogP) is 5.12. The highest BCUT2D eigenvalue weighted by atomic mass is 35.5. The summed E-state index contributed by atoms with van der Waals surface area (Å²) in [5.74, 6) is 0. The molecule has 0 aliphatic heterocycles. The standard InChI is InChI=1S/C18H19ClN2/c1-18(2,3)15-6-8-16(9-7-15)21-12-14-5-4-13(11-20)10-17(14)19/h4-10,21H,12H2,1-3H3. The molecule has 0 spiro atoms. The Bertz CT molecular complexity index is 661. The summed E-state index contributed by atoms with van der Waals surface area (Å²) in [5, 5.41) is 12.8. The minimum absolute atomic E-state index is 0.162. The second-order valence-electron chi connectivity index (χ2n) is 6.10. The maximum absolute atomic E-state index is 8.83. The SMILES string of the molecule is CC(C)(C)c1ccc(NCc2ccc(C#N)cc2Cl)cc1. The van der Waals surface area contributed by atoms with E-state index in [-0.39, 0.29) is 5.41 Å². The van der Waals surface area contributed by atoms with Crippen LogP contribution in [0.25, 0.3) is 0 Å². The summed E-state index contributed by atoms with van der Waals surface area (Å²) in [6, 6.07) is 15.9. The number of rotatable bonds is 3. The lowest BCUT2D eigenvalue weighted by molar-refractivity contribution is 0.590. The van der Waals surface area contributed by atoms with Crippen LogP contribution in [-0.4, -0.2) is 0 Å². The van der Waals surface area contributed by atoms with Gasteiger partial charge in [0.1, 0.15) is 0 Å². The Hall–Kier alpha value is -1.98. The largest absolute Gasteiger partial charge is 0.381 e. The van der Waals surface area contributed by atoms with Crippen molar-refractivity contribution in [2.24, 2.45) is 0 Å². The Morgan fingerprint density at radius 2 is 1.76 bits per heavy atom. The van der Waals surface area contributed by atoms with Gasteiger partial charge in [0.25, 0.3) is 0 Å². The number of hydrogen-bond donors (Lipinski definition) is 1. The molecule has 0 saturated heterocycles. The summed E-state index contributed by atoms with van der Waals surface area (Å²) in [5.41, 5.74) is 4.09. The number of anilines is 1. The molecule has 1 N–H and O–H groups in total. The Balaban J connectivity index is 2.05. The highest BCUT2D eigenvalue weighted by Crippen LogP contribution is 2.24. The zero-order valence-corrected chi connectivity index (χ0v) is 13.3. The average Bonchev–Trinajstić information content (AvgIpc) is 2.45. The van der Waals surface area contributed by atoms with Gasteiger partial charge in [0.15, 0.2) is 0 Å². The fourth-order valence-electron chi connectivity index (χ4n) is 2.05. The van der Waals surface area contributed by atoms with Gasteiger partial charge in [-0.2, -0.15) is 5.26 Å². The van der Waals surface area contributed by atoms with E-state index < -0.39 is 0 Å². The van der Waals surface area contributed by atoms with E-state index in [0.29, 0.717) is 17.1 Å². The van der Waals surface area contributed by atoms with Crippen LogP contribution in [0.15, 0.2) is 42.5 Å². The number of benzene rings is 2. The zero-order valence-electron chi connectivity index (χ0n) is 12.6. The smallest absolute Gasteiger partial charge is 0.0992 e. The molecule has 2 nitrogen and oxygen atoms in total. The maximum atomic E-state index is 8.83. The van der Waals surface area contributed by atoms with Crippen LogP contribution in [0, 0.1) is 11.3 Å². The molecule has 108 valence electrons. The van der Waals surface area contributed by atoms with Gasteiger partial charge >= 0.3 is 0 Å². The molecule has 0 saturated carbocycles. The molecule has 0 aliphatic rings. The van der Waals surface area contributed by atoms with Gasteiger partial charge < -0.3 is 5.32 Å². The van der Waals surface area contributed by atoms with E-state index in [9.17, 15) is 0 Å². The van der Waals surface area contributed by atoms with Crippen molar-refractivity contribution >= 4 is 17.3 Å². The van der Waals surface area contributed by atoms with Crippen LogP contribution in [0.2, 0.25) is 5.02 Å². The van der Waals surface area contributed by atoms with Gasteiger partial charge in [0.2, 0.25) is 0 Å². The van der Waals surface area contributed by atoms with Crippen LogP contribution in [0.1, 0.15) is 37.5 Å². The summed E-state index contributed by atoms with van der Waals surface area (Å²) >= 11 is 6.17. The monoisotopic (exact) mass is 298 g/mol. The van der Waals surface area contributed by atoms with E-state index in [1.54, 1.807) is 12.1 Å². The third-order valence-corrected chi connectivity index (χ3v) is 3.77. The van der Waals surface area contributed by atoms with Crippen molar-refractivity contribution < 1.29 is 0 Å². The van der Waals surface area contributed by atoms with Crippen LogP contribution in [0.5, 0.6) is 0 Å². The second-order valence-corrected chi connectivity index (χ2v) is 6.51. The summed E-state index contributed by atoms with van der Waals surface area (Å²) < 4.78 is 0. The van der Waals surface area contributed by atoms with Crippen molar-refractivity contribution in [3.05, 3.63) is 64.2 Å². The summed E-state index contributed by atoms with van der Waals surface area (Å²) in [7, 11) is 0.